The summed E-state index contributed by atoms with van der Waals surface area (Å²) in [5, 5.41) is 0. The van der Waals surface area contributed by atoms with E-state index in [0.717, 1.165) is 30.0 Å². The molecule has 1 aliphatic heterocycles. The zero-order valence-electron chi connectivity index (χ0n) is 14.6. The Hall–Kier alpha value is -3.15. The van der Waals surface area contributed by atoms with Gasteiger partial charge in [-0.05, 0) is 36.4 Å². The van der Waals surface area contributed by atoms with Gasteiger partial charge in [0.1, 0.15) is 11.3 Å². The Morgan fingerprint density at radius 3 is 2.42 bits per heavy atom. The number of carbonyl (C=O) groups excluding carboxylic acids is 1. The first kappa shape index (κ1) is 16.3. The van der Waals surface area contributed by atoms with E-state index in [1.54, 1.807) is 19.5 Å². The summed E-state index contributed by atoms with van der Waals surface area (Å²) in [6, 6.07) is 13.6. The van der Waals surface area contributed by atoms with Gasteiger partial charge in [-0.25, -0.2) is 0 Å². The molecule has 1 saturated heterocycles. The minimum absolute atomic E-state index is 0.0190. The second-order valence-corrected chi connectivity index (χ2v) is 6.21. The molecular weight excluding hydrogens is 328 g/mol. The Morgan fingerprint density at radius 1 is 0.962 bits per heavy atom. The largest absolute Gasteiger partial charge is 0.497 e. The molecule has 3 aromatic rings. The van der Waals surface area contributed by atoms with Crippen molar-refractivity contribution in [1.82, 2.24) is 14.9 Å². The van der Waals surface area contributed by atoms with Gasteiger partial charge >= 0.3 is 0 Å². The summed E-state index contributed by atoms with van der Waals surface area (Å²) in [4.78, 5) is 25.8. The summed E-state index contributed by atoms with van der Waals surface area (Å²) in [5.41, 5.74) is 3.18. The second-order valence-electron chi connectivity index (χ2n) is 6.21. The Morgan fingerprint density at radius 2 is 1.69 bits per heavy atom. The van der Waals surface area contributed by atoms with Gasteiger partial charge in [-0.15, -0.1) is 0 Å². The minimum atomic E-state index is 0.0190. The zero-order chi connectivity index (χ0) is 17.9. The van der Waals surface area contributed by atoms with E-state index in [4.69, 9.17) is 4.74 Å². The average Bonchev–Trinajstić information content (AvgIpc) is 2.73. The second kappa shape index (κ2) is 7.00. The monoisotopic (exact) mass is 348 g/mol. The molecule has 0 unspecified atom stereocenters. The van der Waals surface area contributed by atoms with Crippen molar-refractivity contribution >= 4 is 22.6 Å². The lowest BCUT2D eigenvalue weighted by Gasteiger charge is -2.36. The van der Waals surface area contributed by atoms with Gasteiger partial charge in [0.15, 0.2) is 0 Å². The van der Waals surface area contributed by atoms with E-state index in [2.05, 4.69) is 27.0 Å². The number of ether oxygens (including phenoxy) is 1. The van der Waals surface area contributed by atoms with Gasteiger partial charge < -0.3 is 14.5 Å². The highest BCUT2D eigenvalue weighted by Crippen LogP contribution is 2.22. The van der Waals surface area contributed by atoms with Gasteiger partial charge in [0.2, 0.25) is 0 Å². The molecule has 1 aromatic heterocycles. The number of benzene rings is 2. The molecule has 0 spiro atoms. The summed E-state index contributed by atoms with van der Waals surface area (Å²) >= 11 is 0. The molecule has 0 saturated carbocycles. The predicted molar refractivity (Wildman–Crippen MR) is 101 cm³/mol. The lowest BCUT2D eigenvalue weighted by molar-refractivity contribution is 0.0748. The molecule has 1 fully saturated rings. The molecule has 132 valence electrons. The van der Waals surface area contributed by atoms with Crippen molar-refractivity contribution in [2.45, 2.75) is 0 Å². The predicted octanol–water partition coefficient (Wildman–Crippen LogP) is 2.60. The fourth-order valence-electron chi connectivity index (χ4n) is 3.30. The molecule has 26 heavy (non-hydrogen) atoms. The van der Waals surface area contributed by atoms with Crippen LogP contribution in [0.2, 0.25) is 0 Å². The Labute approximate surface area is 152 Å². The quantitative estimate of drug-likeness (QED) is 0.728. The van der Waals surface area contributed by atoms with Crippen LogP contribution in [0.5, 0.6) is 5.75 Å². The molecule has 6 heteroatoms. The molecule has 0 bridgehead atoms. The van der Waals surface area contributed by atoms with Crippen LogP contribution in [-0.4, -0.2) is 54.1 Å². The smallest absolute Gasteiger partial charge is 0.256 e. The number of nitrogens with zero attached hydrogens (tertiary/aromatic N) is 4. The van der Waals surface area contributed by atoms with E-state index in [1.165, 1.54) is 0 Å². The lowest BCUT2D eigenvalue weighted by atomic mass is 10.1. The van der Waals surface area contributed by atoms with E-state index in [0.29, 0.717) is 24.2 Å². The summed E-state index contributed by atoms with van der Waals surface area (Å²) < 4.78 is 5.21. The van der Waals surface area contributed by atoms with Crippen molar-refractivity contribution in [3.05, 3.63) is 60.4 Å². The topological polar surface area (TPSA) is 58.6 Å². The Kier molecular flexibility index (Phi) is 4.39. The highest BCUT2D eigenvalue weighted by Gasteiger charge is 2.24. The first-order valence-electron chi connectivity index (χ1n) is 8.64. The van der Waals surface area contributed by atoms with Crippen LogP contribution >= 0.6 is 0 Å². The highest BCUT2D eigenvalue weighted by atomic mass is 16.5. The Bertz CT molecular complexity index is 913. The van der Waals surface area contributed by atoms with Crippen LogP contribution in [0, 0.1) is 0 Å². The third kappa shape index (κ3) is 3.06. The number of methoxy groups -OCH3 is 1. The van der Waals surface area contributed by atoms with Crippen LogP contribution in [0.25, 0.3) is 11.0 Å². The van der Waals surface area contributed by atoms with Gasteiger partial charge in [0.05, 0.1) is 18.2 Å². The molecule has 4 rings (SSSR count). The summed E-state index contributed by atoms with van der Waals surface area (Å²) in [5.74, 6) is 0.866. The van der Waals surface area contributed by atoms with Gasteiger partial charge in [-0.2, -0.15) is 0 Å². The molecule has 0 radical (unpaired) electrons. The highest BCUT2D eigenvalue weighted by molar-refractivity contribution is 6.04. The molecule has 1 aliphatic rings. The lowest BCUT2D eigenvalue weighted by Crippen LogP contribution is -2.48. The number of piperazine rings is 1. The maximum atomic E-state index is 13.0. The van der Waals surface area contributed by atoms with E-state index < -0.39 is 0 Å². The van der Waals surface area contributed by atoms with E-state index in [-0.39, 0.29) is 5.91 Å². The molecule has 0 aliphatic carbocycles. The van der Waals surface area contributed by atoms with Gasteiger partial charge in [-0.3, -0.25) is 14.8 Å². The third-order valence-corrected chi connectivity index (χ3v) is 4.73. The fourth-order valence-corrected chi connectivity index (χ4v) is 3.30. The standard InChI is InChI=1S/C20H20N4O2/c1-26-16-7-5-15(6-8-16)23-11-13-24(14-12-23)20(25)17-3-2-4-18-19(17)22-10-9-21-18/h2-10H,11-14H2,1H3. The summed E-state index contributed by atoms with van der Waals surface area (Å²) in [6.07, 6.45) is 3.27. The van der Waals surface area contributed by atoms with Crippen molar-refractivity contribution < 1.29 is 9.53 Å². The first-order chi connectivity index (χ1) is 12.8. The van der Waals surface area contributed by atoms with Crippen molar-refractivity contribution in [3.63, 3.8) is 0 Å². The maximum absolute atomic E-state index is 13.0. The number of carbonyl (C=O) groups is 1. The third-order valence-electron chi connectivity index (χ3n) is 4.73. The van der Waals surface area contributed by atoms with Gasteiger partial charge in [0.25, 0.3) is 5.91 Å². The number of amides is 1. The molecule has 2 aromatic carbocycles. The van der Waals surface area contributed by atoms with Gasteiger partial charge in [0, 0.05) is 44.3 Å². The Balaban J connectivity index is 1.48. The van der Waals surface area contributed by atoms with Crippen LogP contribution in [0.3, 0.4) is 0 Å². The van der Waals surface area contributed by atoms with Gasteiger partial charge in [-0.1, -0.05) is 6.07 Å². The molecule has 0 N–H and O–H groups in total. The number of anilines is 1. The number of hydrogen-bond donors (Lipinski definition) is 0. The first-order valence-corrected chi connectivity index (χ1v) is 8.64. The fraction of sp³-hybridized carbons (Fsp3) is 0.250. The van der Waals surface area contributed by atoms with Crippen LogP contribution in [0.4, 0.5) is 5.69 Å². The van der Waals surface area contributed by atoms with Crippen molar-refractivity contribution in [3.8, 4) is 5.75 Å². The number of hydrogen-bond acceptors (Lipinski definition) is 5. The van der Waals surface area contributed by atoms with Crippen molar-refractivity contribution in [2.24, 2.45) is 0 Å². The van der Waals surface area contributed by atoms with Crippen LogP contribution in [-0.2, 0) is 0 Å². The normalized spacial score (nSPS) is 14.5. The number of aromatic nitrogens is 2. The molecule has 2 heterocycles. The SMILES string of the molecule is COc1ccc(N2CCN(C(=O)c3cccc4nccnc34)CC2)cc1. The van der Waals surface area contributed by atoms with E-state index in [1.807, 2.05) is 35.2 Å². The van der Waals surface area contributed by atoms with Crippen LogP contribution < -0.4 is 9.64 Å². The number of para-hydroxylation sites is 1. The van der Waals surface area contributed by atoms with Crippen molar-refractivity contribution in [2.75, 3.05) is 38.2 Å². The van der Waals surface area contributed by atoms with Crippen molar-refractivity contribution in [1.29, 1.82) is 0 Å². The zero-order valence-corrected chi connectivity index (χ0v) is 14.6. The molecule has 0 atom stereocenters. The number of fused-ring (bicyclic) bond motifs is 1. The molecular formula is C20H20N4O2. The van der Waals surface area contributed by atoms with E-state index in [9.17, 15) is 4.79 Å². The summed E-state index contributed by atoms with van der Waals surface area (Å²) in [6.45, 7) is 2.96. The van der Waals surface area contributed by atoms with Crippen LogP contribution in [0.15, 0.2) is 54.9 Å². The van der Waals surface area contributed by atoms with E-state index >= 15 is 0 Å². The minimum Gasteiger partial charge on any atom is -0.497 e. The number of rotatable bonds is 3. The average molecular weight is 348 g/mol. The maximum Gasteiger partial charge on any atom is 0.256 e. The molecule has 1 amide bonds. The summed E-state index contributed by atoms with van der Waals surface area (Å²) in [7, 11) is 1.66. The molecule has 6 nitrogen and oxygen atoms in total. The van der Waals surface area contributed by atoms with Crippen LogP contribution in [0.1, 0.15) is 10.4 Å².